The van der Waals surface area contributed by atoms with Gasteiger partial charge in [0, 0.05) is 106 Å². The summed E-state index contributed by atoms with van der Waals surface area (Å²) in [4.78, 5) is 255. The Labute approximate surface area is 758 Å². The first-order valence-electron chi connectivity index (χ1n) is 43.6. The molecule has 9 rings (SSSR count). The molecule has 0 saturated carbocycles. The number of phenolic OH excluding ortho intramolecular Hbond substituents is 1. The molecule has 6 heterocycles. The molecule has 3 aromatic carbocycles. The number of carbonyl (C=O) groups excluding carboxylic acids is 16. The Morgan fingerprint density at radius 3 is 1.76 bits per heavy atom. The Balaban J connectivity index is 1.10. The standard InChI is InChI=1S/C86H119N23O21S/c1-8-10-21-65-80(124)94-56(28-29-72(116)117)76(120)101-64(75(119)92-40-70(89)114)43-131-44-71(115)93-60(32-47-24-26-50(111)27-25-47)83(127)105(6)46(5)74(118)97-61(36-69(88)113)84(128)107-30-16-23-66(107)81(125)99-62(37-87)78(122)98-59(31-45(3)4)85(129)108-41-51(112)35-68(108)82(126)96-58(34-49-39-91-55-20-15-13-18-53(49)55)77(121)100-63(42-110)79(123)95-57(33-48-38-90-54-19-14-12-17-52(48)54)73-102-103-104-109(73)67(22-11-9-2)86(130)106(65)7/h12-15,17-20,24-27,38-39,45-46,51,56-68,90-91,110-112H,8-11,16,21-23,28-37,40-44,87H2,1-7H3,(H2,88,113)(H2,89,114)(H,92,119)(H,93,115)(H,94,124)(H,95,123)(H,96,126)(H,97,118)(H,98,122)(H,99,125)(H,100,121)(H,101,120)(H,116,117)/t46-,51+,56-,57-,58-,59-,60-,61-,62-,63-,64-,65-,66-,67-,68-/m0/s1. The van der Waals surface area contributed by atoms with Crippen LogP contribution in [0, 0.1) is 5.92 Å². The number of aliphatic hydroxyl groups excluding tert-OH is 2. The molecule has 2 saturated heterocycles. The normalized spacial score (nSPS) is 25.0. The number of H-pyrrole nitrogens is 2. The molecule has 0 bridgehead atoms. The number of aromatic hydroxyl groups is 1. The second-order valence-electron chi connectivity index (χ2n) is 33.4. The number of aliphatic hydroxyl groups is 2. The summed E-state index contributed by atoms with van der Waals surface area (Å²) < 4.78 is 1.18. The van der Waals surface area contributed by atoms with Crippen molar-refractivity contribution in [3.63, 3.8) is 0 Å². The molecule has 3 aliphatic rings. The zero-order valence-electron chi connectivity index (χ0n) is 74.0. The van der Waals surface area contributed by atoms with Crippen LogP contribution < -0.4 is 70.4 Å². The van der Waals surface area contributed by atoms with Gasteiger partial charge in [0.05, 0.1) is 37.5 Å². The minimum absolute atomic E-state index is 0.00644. The van der Waals surface area contributed by atoms with Gasteiger partial charge >= 0.3 is 5.97 Å². The first-order valence-corrected chi connectivity index (χ1v) is 44.7. The fourth-order valence-corrected chi connectivity index (χ4v) is 16.9. The summed E-state index contributed by atoms with van der Waals surface area (Å²) in [6.45, 7) is 5.36. The second kappa shape index (κ2) is 47.9. The van der Waals surface area contributed by atoms with Crippen molar-refractivity contribution in [2.45, 2.75) is 228 Å². The van der Waals surface area contributed by atoms with E-state index in [0.717, 1.165) is 19.6 Å². The van der Waals surface area contributed by atoms with Crippen molar-refractivity contribution in [2.75, 3.05) is 58.4 Å². The zero-order valence-corrected chi connectivity index (χ0v) is 74.8. The lowest BCUT2D eigenvalue weighted by Crippen LogP contribution is -2.61. The third kappa shape index (κ3) is 27.5. The molecule has 3 aromatic heterocycles. The van der Waals surface area contributed by atoms with Crippen LogP contribution in [0.2, 0.25) is 0 Å². The largest absolute Gasteiger partial charge is 0.508 e. The minimum Gasteiger partial charge on any atom is -0.508 e. The van der Waals surface area contributed by atoms with Crippen molar-refractivity contribution in [3.05, 3.63) is 108 Å². The van der Waals surface area contributed by atoms with Crippen LogP contribution in [0.15, 0.2) is 85.2 Å². The molecule has 22 N–H and O–H groups in total. The Morgan fingerprint density at radius 1 is 0.588 bits per heavy atom. The molecular formula is C86H119N23O21S. The van der Waals surface area contributed by atoms with E-state index in [1.54, 1.807) is 81.7 Å². The van der Waals surface area contributed by atoms with Gasteiger partial charge in [0.2, 0.25) is 94.5 Å². The predicted octanol–water partition coefficient (Wildman–Crippen LogP) is -3.26. The number of rotatable bonds is 24. The molecule has 45 heteroatoms. The summed E-state index contributed by atoms with van der Waals surface area (Å²) in [6, 6.07) is -2.32. The molecule has 3 aliphatic heterocycles. The summed E-state index contributed by atoms with van der Waals surface area (Å²) in [7, 11) is 2.52. The number of aromatic amines is 2. The summed E-state index contributed by atoms with van der Waals surface area (Å²) in [6.07, 6.45) is 0.173. The number of aromatic nitrogens is 6. The molecule has 2 fully saturated rings. The fourth-order valence-electron chi connectivity index (χ4n) is 16.1. The summed E-state index contributed by atoms with van der Waals surface area (Å²) >= 11 is 0.713. The van der Waals surface area contributed by atoms with Crippen molar-refractivity contribution in [3.8, 4) is 5.75 Å². The van der Waals surface area contributed by atoms with Crippen LogP contribution in [0.1, 0.15) is 153 Å². The number of para-hydroxylation sites is 2. The van der Waals surface area contributed by atoms with Gasteiger partial charge in [-0.05, 0) is 103 Å². The number of carboxylic acid groups (broad SMARTS) is 1. The first-order chi connectivity index (χ1) is 62.4. The maximum atomic E-state index is 15.7. The minimum atomic E-state index is -1.85. The molecule has 0 radical (unpaired) electrons. The van der Waals surface area contributed by atoms with Crippen molar-refractivity contribution in [1.82, 2.24) is 103 Å². The van der Waals surface area contributed by atoms with E-state index in [2.05, 4.69) is 78.7 Å². The number of nitrogens with two attached hydrogens (primary N) is 3. The number of tetrazole rings is 1. The number of likely N-dealkylation sites (N-methyl/N-ethyl adjacent to an activating group) is 2. The molecule has 131 heavy (non-hydrogen) atoms. The van der Waals surface area contributed by atoms with Gasteiger partial charge in [-0.3, -0.25) is 81.5 Å². The molecular weight excluding hydrogens is 1720 g/mol. The molecule has 710 valence electrons. The number of phenols is 1. The van der Waals surface area contributed by atoms with E-state index in [0.29, 0.717) is 69.5 Å². The third-order valence-corrected chi connectivity index (χ3v) is 24.3. The third-order valence-electron chi connectivity index (χ3n) is 23.3. The first kappa shape index (κ1) is 102. The number of thioether (sulfide) groups is 1. The number of carbonyl (C=O) groups is 17. The zero-order chi connectivity index (χ0) is 95.6. The van der Waals surface area contributed by atoms with E-state index < -0.39 is 248 Å². The molecule has 0 aliphatic carbocycles. The van der Waals surface area contributed by atoms with E-state index in [1.807, 2.05) is 6.92 Å². The Hall–Kier alpha value is -13.2. The second-order valence-corrected chi connectivity index (χ2v) is 34.4. The predicted molar refractivity (Wildman–Crippen MR) is 474 cm³/mol. The monoisotopic (exact) mass is 1840 g/mol. The van der Waals surface area contributed by atoms with Crippen molar-refractivity contribution in [1.29, 1.82) is 0 Å². The van der Waals surface area contributed by atoms with Gasteiger partial charge in [-0.1, -0.05) is 102 Å². The van der Waals surface area contributed by atoms with Crippen LogP contribution in [0.4, 0.5) is 0 Å². The van der Waals surface area contributed by atoms with Crippen LogP contribution in [-0.4, -0.2) is 308 Å². The van der Waals surface area contributed by atoms with E-state index in [9.17, 15) is 73.2 Å². The molecule has 0 unspecified atom stereocenters. The SMILES string of the molecule is CCCC[C@H]1C(=O)N[C@@H](CCC(=O)O)C(=O)N[C@H](C(=O)NCC(N)=O)CSCC(=O)N[C@@H](Cc2ccc(O)cc2)C(=O)N(C)[C@@H](C)C(=O)N[C@@H](CC(N)=O)C(=O)N2CCC[C@H]2C(=O)N[C@@H](CN)C(=O)N[C@@H](CC(C)C)C(=O)N2C[C@H](O)C[C@H]2C(=O)N[C@@H](Cc2c[nH]c3ccccc23)C(=O)N[C@@H](CO)C(=O)N[C@@H](Cc2c[nH]c3ccccc23)c2nnnn2[C@@H](CCCC)C(=O)N1C. The molecule has 6 aromatic rings. The highest BCUT2D eigenvalue weighted by Gasteiger charge is 2.47. The fraction of sp³-hybridized carbons (Fsp3) is 0.535. The number of hydrogen-bond donors (Lipinski definition) is 19. The highest BCUT2D eigenvalue weighted by molar-refractivity contribution is 8.00. The van der Waals surface area contributed by atoms with Gasteiger partial charge in [-0.2, -0.15) is 0 Å². The smallest absolute Gasteiger partial charge is 0.303 e. The summed E-state index contributed by atoms with van der Waals surface area (Å²) in [5, 5.41) is 82.9. The van der Waals surface area contributed by atoms with Crippen molar-refractivity contribution < 1.29 is 102 Å². The lowest BCUT2D eigenvalue weighted by molar-refractivity contribution is -0.145. The number of amides is 16. The number of aliphatic carboxylic acids is 1. The van der Waals surface area contributed by atoms with Gasteiger partial charge in [0.25, 0.3) is 0 Å². The molecule has 15 atom stereocenters. The van der Waals surface area contributed by atoms with Crippen LogP contribution in [-0.2, 0) is 101 Å². The number of primary amides is 2. The van der Waals surface area contributed by atoms with Gasteiger partial charge in [0.15, 0.2) is 5.82 Å². The Morgan fingerprint density at radius 2 is 1.15 bits per heavy atom. The molecule has 16 amide bonds. The van der Waals surface area contributed by atoms with E-state index in [1.165, 1.54) is 50.0 Å². The number of fused-ring (bicyclic) bond motifs is 5. The van der Waals surface area contributed by atoms with E-state index in [4.69, 9.17) is 17.2 Å². The maximum Gasteiger partial charge on any atom is 0.303 e. The number of nitrogens with one attached hydrogen (secondary N) is 12. The topological polar surface area (TPSA) is 658 Å². The Kier molecular flexibility index (Phi) is 37.2. The van der Waals surface area contributed by atoms with Gasteiger partial charge in [0.1, 0.15) is 84.3 Å². The van der Waals surface area contributed by atoms with Gasteiger partial charge in [-0.15, -0.1) is 16.9 Å². The van der Waals surface area contributed by atoms with Crippen LogP contribution in [0.25, 0.3) is 21.8 Å². The quantitative estimate of drug-likeness (QED) is 0.0283. The van der Waals surface area contributed by atoms with Crippen LogP contribution in [0.5, 0.6) is 5.75 Å². The number of unbranched alkanes of at least 4 members (excludes halogenated alkanes) is 2. The molecule has 44 nitrogen and oxygen atoms in total. The van der Waals surface area contributed by atoms with E-state index >= 15 is 28.8 Å². The van der Waals surface area contributed by atoms with E-state index in [-0.39, 0.29) is 88.2 Å². The van der Waals surface area contributed by atoms with Crippen LogP contribution in [0.3, 0.4) is 0 Å². The van der Waals surface area contributed by atoms with Gasteiger partial charge < -0.3 is 120 Å². The average Bonchev–Trinajstić information content (AvgIpc) is 1.63. The van der Waals surface area contributed by atoms with Crippen molar-refractivity contribution >= 4 is 134 Å². The number of hydrogen-bond acceptors (Lipinski definition) is 25. The summed E-state index contributed by atoms with van der Waals surface area (Å²) in [5.41, 5.74) is 20.0. The lowest BCUT2D eigenvalue weighted by Gasteiger charge is -2.32. The Bertz CT molecular complexity index is 5100. The van der Waals surface area contributed by atoms with Crippen molar-refractivity contribution in [2.24, 2.45) is 23.1 Å². The highest BCUT2D eigenvalue weighted by Crippen LogP contribution is 2.31. The number of benzene rings is 3. The number of nitrogens with zero attached hydrogens (tertiary/aromatic N) is 8. The summed E-state index contributed by atoms with van der Waals surface area (Å²) in [5.74, 6) is -18.8. The van der Waals surface area contributed by atoms with Gasteiger partial charge in [-0.25, -0.2) is 4.68 Å². The average molecular weight is 1840 g/mol. The molecule has 0 spiro atoms. The highest BCUT2D eigenvalue weighted by atomic mass is 32.2. The number of carboxylic acids is 1. The maximum absolute atomic E-state index is 15.7. The lowest BCUT2D eigenvalue weighted by atomic mass is 10.0. The van der Waals surface area contributed by atoms with Crippen LogP contribution >= 0.6 is 11.8 Å².